The average Bonchev–Trinajstić information content (AvgIpc) is 2.33. The van der Waals surface area contributed by atoms with Gasteiger partial charge in [0.1, 0.15) is 0 Å². The quantitative estimate of drug-likeness (QED) is 0.721. The van der Waals surface area contributed by atoms with Crippen LogP contribution in [0.5, 0.6) is 0 Å². The van der Waals surface area contributed by atoms with Crippen LogP contribution in [0.4, 0.5) is 0 Å². The zero-order valence-electron chi connectivity index (χ0n) is 11.0. The minimum Gasteiger partial charge on any atom is -0.369 e. The normalized spacial score (nSPS) is 10.9. The molecule has 0 bridgehead atoms. The lowest BCUT2D eigenvalue weighted by atomic mass is 10.2. The average molecular weight is 304 g/mol. The highest BCUT2D eigenvalue weighted by molar-refractivity contribution is 6.42. The standard InChI is InChI=1S/C13H19Cl2N3O/c1-18(6-2-5-17-8-13(16)19)9-10-3-4-11(14)12(15)7-10/h3-4,7,17H,2,5-6,8-9H2,1H3,(H2,16,19). The molecular weight excluding hydrogens is 285 g/mol. The number of nitrogens with zero attached hydrogens (tertiary/aromatic N) is 1. The van der Waals surface area contributed by atoms with E-state index in [1.54, 1.807) is 0 Å². The predicted molar refractivity (Wildman–Crippen MR) is 79.5 cm³/mol. The monoisotopic (exact) mass is 303 g/mol. The number of hydrogen-bond donors (Lipinski definition) is 2. The molecule has 1 aromatic carbocycles. The van der Waals surface area contributed by atoms with E-state index in [0.29, 0.717) is 10.0 Å². The van der Waals surface area contributed by atoms with Crippen LogP contribution in [0.25, 0.3) is 0 Å². The summed E-state index contributed by atoms with van der Waals surface area (Å²) in [6.45, 7) is 2.74. The lowest BCUT2D eigenvalue weighted by molar-refractivity contribution is -0.117. The van der Waals surface area contributed by atoms with E-state index in [1.165, 1.54) is 0 Å². The third-order valence-electron chi connectivity index (χ3n) is 2.63. The van der Waals surface area contributed by atoms with Gasteiger partial charge in [0.25, 0.3) is 0 Å². The van der Waals surface area contributed by atoms with Crippen LogP contribution < -0.4 is 11.1 Å². The topological polar surface area (TPSA) is 58.4 Å². The van der Waals surface area contributed by atoms with Gasteiger partial charge >= 0.3 is 0 Å². The first-order valence-electron chi connectivity index (χ1n) is 6.10. The number of amides is 1. The molecule has 3 N–H and O–H groups in total. The van der Waals surface area contributed by atoms with E-state index < -0.39 is 0 Å². The fourth-order valence-electron chi connectivity index (χ4n) is 1.71. The van der Waals surface area contributed by atoms with E-state index in [0.717, 1.165) is 31.6 Å². The van der Waals surface area contributed by atoms with Gasteiger partial charge in [0, 0.05) is 6.54 Å². The van der Waals surface area contributed by atoms with Crippen molar-refractivity contribution in [2.24, 2.45) is 5.73 Å². The summed E-state index contributed by atoms with van der Waals surface area (Å²) in [6, 6.07) is 5.66. The maximum Gasteiger partial charge on any atom is 0.231 e. The third kappa shape index (κ3) is 6.78. The van der Waals surface area contributed by atoms with Gasteiger partial charge in [0.05, 0.1) is 16.6 Å². The number of nitrogens with one attached hydrogen (secondary N) is 1. The van der Waals surface area contributed by atoms with E-state index in [2.05, 4.69) is 10.2 Å². The Morgan fingerprint density at radius 1 is 1.37 bits per heavy atom. The first kappa shape index (κ1) is 16.2. The summed E-state index contributed by atoms with van der Waals surface area (Å²) in [5, 5.41) is 4.13. The molecule has 0 heterocycles. The molecule has 1 amide bonds. The van der Waals surface area contributed by atoms with E-state index in [9.17, 15) is 4.79 Å². The molecule has 0 aliphatic heterocycles. The number of primary amides is 1. The van der Waals surface area contributed by atoms with Gasteiger partial charge in [-0.05, 0) is 44.3 Å². The van der Waals surface area contributed by atoms with Gasteiger partial charge in [0.2, 0.25) is 5.91 Å². The molecule has 1 aromatic rings. The summed E-state index contributed by atoms with van der Waals surface area (Å²) < 4.78 is 0. The van der Waals surface area contributed by atoms with Crippen molar-refractivity contribution in [3.63, 3.8) is 0 Å². The highest BCUT2D eigenvalue weighted by Crippen LogP contribution is 2.23. The van der Waals surface area contributed by atoms with Crippen molar-refractivity contribution in [3.8, 4) is 0 Å². The van der Waals surface area contributed by atoms with E-state index in [-0.39, 0.29) is 12.5 Å². The zero-order valence-corrected chi connectivity index (χ0v) is 12.5. The van der Waals surface area contributed by atoms with Crippen molar-refractivity contribution < 1.29 is 4.79 Å². The minimum absolute atomic E-state index is 0.233. The van der Waals surface area contributed by atoms with Gasteiger partial charge in [-0.2, -0.15) is 0 Å². The minimum atomic E-state index is -0.329. The molecular formula is C13H19Cl2N3O. The number of nitrogens with two attached hydrogens (primary N) is 1. The highest BCUT2D eigenvalue weighted by atomic mass is 35.5. The van der Waals surface area contributed by atoms with Gasteiger partial charge in [-0.25, -0.2) is 0 Å². The Hall–Kier alpha value is -0.810. The number of carbonyl (C=O) groups is 1. The number of rotatable bonds is 8. The molecule has 0 aliphatic rings. The molecule has 1 rings (SSSR count). The van der Waals surface area contributed by atoms with Crippen LogP contribution in [0.2, 0.25) is 10.0 Å². The van der Waals surface area contributed by atoms with Crippen LogP contribution in [0.1, 0.15) is 12.0 Å². The number of carbonyl (C=O) groups excluding carboxylic acids is 1. The number of halogens is 2. The van der Waals surface area contributed by atoms with Crippen LogP contribution in [-0.4, -0.2) is 37.5 Å². The molecule has 0 saturated heterocycles. The smallest absolute Gasteiger partial charge is 0.231 e. The molecule has 0 spiro atoms. The lowest BCUT2D eigenvalue weighted by Gasteiger charge is -2.17. The maximum absolute atomic E-state index is 10.5. The molecule has 0 aromatic heterocycles. The lowest BCUT2D eigenvalue weighted by Crippen LogP contribution is -2.30. The van der Waals surface area contributed by atoms with Gasteiger partial charge in [-0.1, -0.05) is 29.3 Å². The molecule has 0 unspecified atom stereocenters. The van der Waals surface area contributed by atoms with Gasteiger partial charge in [-0.15, -0.1) is 0 Å². The second kappa shape index (κ2) is 8.38. The maximum atomic E-state index is 10.5. The molecule has 0 radical (unpaired) electrons. The second-order valence-corrected chi connectivity index (χ2v) is 5.30. The Kier molecular flexibility index (Phi) is 7.16. The zero-order chi connectivity index (χ0) is 14.3. The first-order chi connectivity index (χ1) is 8.99. The molecule has 4 nitrogen and oxygen atoms in total. The summed E-state index contributed by atoms with van der Waals surface area (Å²) in [5.41, 5.74) is 6.15. The summed E-state index contributed by atoms with van der Waals surface area (Å²) >= 11 is 11.8. The number of hydrogen-bond acceptors (Lipinski definition) is 3. The van der Waals surface area contributed by atoms with Crippen LogP contribution in [0.3, 0.4) is 0 Å². The summed E-state index contributed by atoms with van der Waals surface area (Å²) in [7, 11) is 2.04. The van der Waals surface area contributed by atoms with Crippen molar-refractivity contribution in [3.05, 3.63) is 33.8 Å². The number of benzene rings is 1. The fraction of sp³-hybridized carbons (Fsp3) is 0.462. The Morgan fingerprint density at radius 3 is 2.74 bits per heavy atom. The van der Waals surface area contributed by atoms with Crippen LogP contribution in [0.15, 0.2) is 18.2 Å². The van der Waals surface area contributed by atoms with Crippen molar-refractivity contribution in [2.45, 2.75) is 13.0 Å². The summed E-state index contributed by atoms with van der Waals surface area (Å²) in [5.74, 6) is -0.329. The summed E-state index contributed by atoms with van der Waals surface area (Å²) in [6.07, 6.45) is 0.950. The highest BCUT2D eigenvalue weighted by Gasteiger charge is 2.03. The van der Waals surface area contributed by atoms with E-state index in [4.69, 9.17) is 28.9 Å². The Labute approximate surface area is 123 Å². The predicted octanol–water partition coefficient (Wildman–Crippen LogP) is 1.89. The van der Waals surface area contributed by atoms with E-state index in [1.807, 2.05) is 25.2 Å². The van der Waals surface area contributed by atoms with Gasteiger partial charge in [0.15, 0.2) is 0 Å². The largest absolute Gasteiger partial charge is 0.369 e. The molecule has 0 aliphatic carbocycles. The van der Waals surface area contributed by atoms with Gasteiger partial charge in [-0.3, -0.25) is 4.79 Å². The molecule has 0 fully saturated rings. The molecule has 0 saturated carbocycles. The van der Waals surface area contributed by atoms with E-state index >= 15 is 0 Å². The SMILES string of the molecule is CN(CCCNCC(N)=O)Cc1ccc(Cl)c(Cl)c1. The molecule has 6 heteroatoms. The Morgan fingerprint density at radius 2 is 2.11 bits per heavy atom. The Balaban J connectivity index is 2.25. The van der Waals surface area contributed by atoms with Crippen LogP contribution >= 0.6 is 23.2 Å². The Bertz CT molecular complexity index is 426. The van der Waals surface area contributed by atoms with Crippen LogP contribution in [0, 0.1) is 0 Å². The van der Waals surface area contributed by atoms with Crippen molar-refractivity contribution in [1.82, 2.24) is 10.2 Å². The van der Waals surface area contributed by atoms with Crippen molar-refractivity contribution in [2.75, 3.05) is 26.7 Å². The molecule has 19 heavy (non-hydrogen) atoms. The second-order valence-electron chi connectivity index (χ2n) is 4.48. The summed E-state index contributed by atoms with van der Waals surface area (Å²) in [4.78, 5) is 12.7. The van der Waals surface area contributed by atoms with Crippen LogP contribution in [-0.2, 0) is 11.3 Å². The first-order valence-corrected chi connectivity index (χ1v) is 6.86. The van der Waals surface area contributed by atoms with Gasteiger partial charge < -0.3 is 16.0 Å². The van der Waals surface area contributed by atoms with Crippen molar-refractivity contribution in [1.29, 1.82) is 0 Å². The fourth-order valence-corrected chi connectivity index (χ4v) is 2.03. The molecule has 0 atom stereocenters. The van der Waals surface area contributed by atoms with Crippen molar-refractivity contribution >= 4 is 29.1 Å². The third-order valence-corrected chi connectivity index (χ3v) is 3.37. The molecule has 106 valence electrons.